The Bertz CT molecular complexity index is 1440. The molecule has 1 saturated heterocycles. The summed E-state index contributed by atoms with van der Waals surface area (Å²) in [5.41, 5.74) is 4.58. The standard InChI is InChI=1S/C27H26N6OS/c1-18-8-10-21(11-9-18)24-30-26(34-31-24)19(2)32-12-14-33(15-13-32)25-23-22(20-6-4-3-5-7-20)16-35-27(23)29-17-28-25/h3-11,16-17,19H,12-15H2,1-2H3. The number of thiophene rings is 1. The lowest BCUT2D eigenvalue weighted by atomic mass is 10.1. The second-order valence-corrected chi connectivity index (χ2v) is 9.77. The smallest absolute Gasteiger partial charge is 0.244 e. The Kier molecular flexibility index (Phi) is 5.75. The van der Waals surface area contributed by atoms with Crippen molar-refractivity contribution in [1.29, 1.82) is 0 Å². The van der Waals surface area contributed by atoms with Crippen LogP contribution >= 0.6 is 11.3 Å². The second-order valence-electron chi connectivity index (χ2n) is 8.91. The van der Waals surface area contributed by atoms with Gasteiger partial charge in [0.1, 0.15) is 17.0 Å². The van der Waals surface area contributed by atoms with Gasteiger partial charge < -0.3 is 9.42 Å². The molecule has 0 aliphatic carbocycles. The van der Waals surface area contributed by atoms with Gasteiger partial charge in [0, 0.05) is 42.7 Å². The van der Waals surface area contributed by atoms with Crippen LogP contribution in [0.4, 0.5) is 5.82 Å². The molecule has 1 atom stereocenters. The third-order valence-corrected chi connectivity index (χ3v) is 7.59. The van der Waals surface area contributed by atoms with Crippen molar-refractivity contribution in [2.24, 2.45) is 0 Å². The zero-order valence-electron chi connectivity index (χ0n) is 19.8. The molecule has 6 rings (SSSR count). The second kappa shape index (κ2) is 9.20. The SMILES string of the molecule is Cc1ccc(-c2noc(C(C)N3CCN(c4ncnc5scc(-c6ccccc6)c45)CC3)n2)cc1. The van der Waals surface area contributed by atoms with Crippen LogP contribution < -0.4 is 4.90 Å². The van der Waals surface area contributed by atoms with E-state index in [1.807, 2.05) is 18.2 Å². The van der Waals surface area contributed by atoms with Crippen molar-refractivity contribution in [2.75, 3.05) is 31.1 Å². The molecule has 0 saturated carbocycles. The van der Waals surface area contributed by atoms with Crippen LogP contribution in [0, 0.1) is 6.92 Å². The Hall–Kier alpha value is -3.62. The minimum Gasteiger partial charge on any atom is -0.353 e. The Labute approximate surface area is 208 Å². The average Bonchev–Trinajstić information content (AvgIpc) is 3.57. The van der Waals surface area contributed by atoms with Gasteiger partial charge in [0.15, 0.2) is 0 Å². The van der Waals surface area contributed by atoms with Gasteiger partial charge in [0.2, 0.25) is 11.7 Å². The fraction of sp³-hybridized carbons (Fsp3) is 0.259. The molecule has 3 aromatic heterocycles. The number of aromatic nitrogens is 4. The zero-order chi connectivity index (χ0) is 23.8. The first-order valence-corrected chi connectivity index (χ1v) is 12.7. The van der Waals surface area contributed by atoms with Gasteiger partial charge in [-0.3, -0.25) is 4.90 Å². The van der Waals surface area contributed by atoms with E-state index in [4.69, 9.17) is 9.51 Å². The summed E-state index contributed by atoms with van der Waals surface area (Å²) in [6.45, 7) is 7.73. The number of fused-ring (bicyclic) bond motifs is 1. The van der Waals surface area contributed by atoms with Crippen LogP contribution in [0.25, 0.3) is 32.7 Å². The molecule has 1 unspecified atom stereocenters. The Balaban J connectivity index is 1.19. The molecule has 5 aromatic rings. The van der Waals surface area contributed by atoms with Crippen LogP contribution in [-0.2, 0) is 0 Å². The van der Waals surface area contributed by atoms with E-state index in [1.54, 1.807) is 17.7 Å². The summed E-state index contributed by atoms with van der Waals surface area (Å²) in [7, 11) is 0. The van der Waals surface area contributed by atoms with E-state index in [2.05, 4.69) is 80.6 Å². The van der Waals surface area contributed by atoms with E-state index in [-0.39, 0.29) is 6.04 Å². The predicted molar refractivity (Wildman–Crippen MR) is 140 cm³/mol. The predicted octanol–water partition coefficient (Wildman–Crippen LogP) is 5.60. The molecule has 7 nitrogen and oxygen atoms in total. The number of anilines is 1. The van der Waals surface area contributed by atoms with E-state index < -0.39 is 0 Å². The molecule has 0 amide bonds. The molecule has 35 heavy (non-hydrogen) atoms. The highest BCUT2D eigenvalue weighted by Gasteiger charge is 2.28. The molecule has 0 radical (unpaired) electrons. The van der Waals surface area contributed by atoms with Crippen LogP contribution in [0.5, 0.6) is 0 Å². The third-order valence-electron chi connectivity index (χ3n) is 6.71. The highest BCUT2D eigenvalue weighted by atomic mass is 32.1. The minimum absolute atomic E-state index is 0.0512. The Morgan fingerprint density at radius 1 is 0.914 bits per heavy atom. The van der Waals surface area contributed by atoms with Gasteiger partial charge in [0.25, 0.3) is 0 Å². The minimum atomic E-state index is 0.0512. The lowest BCUT2D eigenvalue weighted by Gasteiger charge is -2.37. The topological polar surface area (TPSA) is 71.2 Å². The molecule has 0 spiro atoms. The summed E-state index contributed by atoms with van der Waals surface area (Å²) in [6.07, 6.45) is 1.68. The van der Waals surface area contributed by atoms with Gasteiger partial charge in [-0.1, -0.05) is 65.3 Å². The summed E-state index contributed by atoms with van der Waals surface area (Å²) in [4.78, 5) is 19.7. The normalized spacial score (nSPS) is 15.5. The summed E-state index contributed by atoms with van der Waals surface area (Å²) < 4.78 is 5.65. The molecule has 2 aromatic carbocycles. The van der Waals surface area contributed by atoms with Crippen LogP contribution in [0.15, 0.2) is 70.8 Å². The third kappa shape index (κ3) is 4.19. The largest absolute Gasteiger partial charge is 0.353 e. The van der Waals surface area contributed by atoms with Gasteiger partial charge in [-0.15, -0.1) is 11.3 Å². The molecule has 176 valence electrons. The van der Waals surface area contributed by atoms with Gasteiger partial charge in [-0.05, 0) is 19.4 Å². The quantitative estimate of drug-likeness (QED) is 0.323. The fourth-order valence-corrected chi connectivity index (χ4v) is 5.54. The van der Waals surface area contributed by atoms with E-state index in [1.165, 1.54) is 16.7 Å². The molecule has 1 aliphatic heterocycles. The maximum absolute atomic E-state index is 5.65. The summed E-state index contributed by atoms with van der Waals surface area (Å²) in [5.74, 6) is 2.31. The first-order valence-electron chi connectivity index (χ1n) is 11.8. The van der Waals surface area contributed by atoms with E-state index >= 15 is 0 Å². The molecule has 1 fully saturated rings. The maximum Gasteiger partial charge on any atom is 0.244 e. The van der Waals surface area contributed by atoms with Crippen LogP contribution in [-0.4, -0.2) is 51.2 Å². The maximum atomic E-state index is 5.65. The van der Waals surface area contributed by atoms with E-state index in [0.29, 0.717) is 11.7 Å². The van der Waals surface area contributed by atoms with Crippen LogP contribution in [0.3, 0.4) is 0 Å². The van der Waals surface area contributed by atoms with Crippen molar-refractivity contribution in [3.05, 3.63) is 77.8 Å². The van der Waals surface area contributed by atoms with Crippen molar-refractivity contribution < 1.29 is 4.52 Å². The summed E-state index contributed by atoms with van der Waals surface area (Å²) >= 11 is 1.68. The van der Waals surface area contributed by atoms with Crippen molar-refractivity contribution in [1.82, 2.24) is 25.0 Å². The Morgan fingerprint density at radius 2 is 1.69 bits per heavy atom. The number of nitrogens with zero attached hydrogens (tertiary/aromatic N) is 6. The first kappa shape index (κ1) is 21.9. The number of piperazine rings is 1. The average molecular weight is 483 g/mol. The number of benzene rings is 2. The lowest BCUT2D eigenvalue weighted by molar-refractivity contribution is 0.164. The van der Waals surface area contributed by atoms with Crippen molar-refractivity contribution in [3.63, 3.8) is 0 Å². The Morgan fingerprint density at radius 3 is 2.46 bits per heavy atom. The molecule has 0 N–H and O–H groups in total. The van der Waals surface area contributed by atoms with Crippen molar-refractivity contribution in [3.8, 4) is 22.5 Å². The van der Waals surface area contributed by atoms with E-state index in [0.717, 1.165) is 47.8 Å². The van der Waals surface area contributed by atoms with Gasteiger partial charge in [-0.25, -0.2) is 9.97 Å². The van der Waals surface area contributed by atoms with Crippen molar-refractivity contribution in [2.45, 2.75) is 19.9 Å². The number of rotatable bonds is 5. The summed E-state index contributed by atoms with van der Waals surface area (Å²) in [5, 5.41) is 7.56. The van der Waals surface area contributed by atoms with Gasteiger partial charge in [-0.2, -0.15) is 4.98 Å². The number of hydrogen-bond acceptors (Lipinski definition) is 8. The fourth-order valence-electron chi connectivity index (χ4n) is 4.63. The highest BCUT2D eigenvalue weighted by molar-refractivity contribution is 7.17. The molecular formula is C27H26N6OS. The summed E-state index contributed by atoms with van der Waals surface area (Å²) in [6, 6.07) is 18.7. The van der Waals surface area contributed by atoms with Crippen molar-refractivity contribution >= 4 is 27.4 Å². The monoisotopic (exact) mass is 482 g/mol. The van der Waals surface area contributed by atoms with Crippen LogP contribution in [0.2, 0.25) is 0 Å². The number of hydrogen-bond donors (Lipinski definition) is 0. The van der Waals surface area contributed by atoms with Gasteiger partial charge in [0.05, 0.1) is 11.4 Å². The lowest BCUT2D eigenvalue weighted by Crippen LogP contribution is -2.47. The molecule has 0 bridgehead atoms. The van der Waals surface area contributed by atoms with Crippen LogP contribution in [0.1, 0.15) is 24.4 Å². The zero-order valence-corrected chi connectivity index (χ0v) is 20.6. The molecular weight excluding hydrogens is 456 g/mol. The van der Waals surface area contributed by atoms with Gasteiger partial charge >= 0.3 is 0 Å². The molecule has 4 heterocycles. The molecule has 1 aliphatic rings. The highest BCUT2D eigenvalue weighted by Crippen LogP contribution is 2.38. The first-order chi connectivity index (χ1) is 17.2. The number of aryl methyl sites for hydroxylation is 1. The van der Waals surface area contributed by atoms with E-state index in [9.17, 15) is 0 Å². The molecule has 8 heteroatoms.